The van der Waals surface area contributed by atoms with Crippen molar-refractivity contribution in [1.29, 1.82) is 0 Å². The number of hydrogen-bond acceptors (Lipinski definition) is 4. The molecule has 1 saturated heterocycles. The number of fused-ring (bicyclic) bond motifs is 1. The average Bonchev–Trinajstić information content (AvgIpc) is 3.24. The number of carbonyl (C=O) groups excluding carboxylic acids is 1. The van der Waals surface area contributed by atoms with E-state index >= 15 is 0 Å². The normalized spacial score (nSPS) is 15.0. The lowest BCUT2D eigenvalue weighted by Crippen LogP contribution is -2.40. The molecule has 5 rings (SSSR count). The summed E-state index contributed by atoms with van der Waals surface area (Å²) >= 11 is 6.03. The van der Waals surface area contributed by atoms with E-state index in [4.69, 9.17) is 16.3 Å². The van der Waals surface area contributed by atoms with Crippen LogP contribution >= 0.6 is 11.6 Å². The lowest BCUT2D eigenvalue weighted by Gasteiger charge is -2.26. The molecule has 0 N–H and O–H groups in total. The van der Waals surface area contributed by atoms with Gasteiger partial charge in [0.15, 0.2) is 0 Å². The maximum atomic E-state index is 15.0. The van der Waals surface area contributed by atoms with Gasteiger partial charge in [0.05, 0.1) is 23.7 Å². The summed E-state index contributed by atoms with van der Waals surface area (Å²) in [4.78, 5) is 13.6. The fourth-order valence-electron chi connectivity index (χ4n) is 4.11. The van der Waals surface area contributed by atoms with Crippen LogP contribution in [0, 0.1) is 5.82 Å². The quantitative estimate of drug-likeness (QED) is 0.376. The fraction of sp³-hybridized carbons (Fsp3) is 0.160. The van der Waals surface area contributed by atoms with Gasteiger partial charge in [-0.05, 0) is 54.1 Å². The first-order valence-corrected chi connectivity index (χ1v) is 12.5. The molecule has 0 saturated carbocycles. The van der Waals surface area contributed by atoms with E-state index in [1.165, 1.54) is 10.4 Å². The van der Waals surface area contributed by atoms with E-state index < -0.39 is 21.6 Å². The summed E-state index contributed by atoms with van der Waals surface area (Å²) in [5.74, 6) is -1.41. The van der Waals surface area contributed by atoms with E-state index in [1.807, 2.05) is 18.2 Å². The summed E-state index contributed by atoms with van der Waals surface area (Å²) in [6.07, 6.45) is 1.72. The third-order valence-electron chi connectivity index (χ3n) is 5.84. The number of halogens is 2. The number of nitrogens with zero attached hydrogens (tertiary/aromatic N) is 2. The Morgan fingerprint density at radius 2 is 1.71 bits per heavy atom. The number of hydrogen-bond donors (Lipinski definition) is 0. The summed E-state index contributed by atoms with van der Waals surface area (Å²) in [7, 11) is -3.90. The molecular weight excluding hydrogens is 479 g/mol. The van der Waals surface area contributed by atoms with Crippen molar-refractivity contribution in [2.24, 2.45) is 0 Å². The van der Waals surface area contributed by atoms with Crippen LogP contribution in [-0.2, 0) is 14.8 Å². The molecule has 0 radical (unpaired) electrons. The second kappa shape index (κ2) is 8.96. The minimum Gasteiger partial charge on any atom is -0.379 e. The van der Waals surface area contributed by atoms with Gasteiger partial charge in [-0.2, -0.15) is 4.31 Å². The maximum absolute atomic E-state index is 15.0. The summed E-state index contributed by atoms with van der Waals surface area (Å²) < 4.78 is 49.4. The lowest BCUT2D eigenvalue weighted by molar-refractivity contribution is 0.0730. The Bertz CT molecular complexity index is 1490. The van der Waals surface area contributed by atoms with Crippen LogP contribution in [0.5, 0.6) is 0 Å². The second-order valence-electron chi connectivity index (χ2n) is 7.90. The molecule has 0 spiro atoms. The predicted molar refractivity (Wildman–Crippen MR) is 127 cm³/mol. The molecule has 0 bridgehead atoms. The van der Waals surface area contributed by atoms with Crippen molar-refractivity contribution in [2.45, 2.75) is 4.90 Å². The van der Waals surface area contributed by atoms with Crippen molar-refractivity contribution in [3.63, 3.8) is 0 Å². The van der Waals surface area contributed by atoms with Crippen molar-refractivity contribution >= 4 is 32.9 Å². The van der Waals surface area contributed by atoms with Gasteiger partial charge in [0.2, 0.25) is 15.8 Å². The summed E-state index contributed by atoms with van der Waals surface area (Å²) in [6, 6.07) is 17.6. The number of sulfonamides is 1. The minimum absolute atomic E-state index is 0.131. The smallest absolute Gasteiger partial charge is 0.243 e. The van der Waals surface area contributed by atoms with Gasteiger partial charge in [-0.25, -0.2) is 12.8 Å². The van der Waals surface area contributed by atoms with Gasteiger partial charge in [-0.3, -0.25) is 4.79 Å². The lowest BCUT2D eigenvalue weighted by atomic mass is 10.00. The highest BCUT2D eigenvalue weighted by atomic mass is 35.5. The third kappa shape index (κ3) is 4.03. The number of pyridine rings is 1. The molecule has 0 atom stereocenters. The van der Waals surface area contributed by atoms with E-state index in [2.05, 4.69) is 0 Å². The van der Waals surface area contributed by atoms with Gasteiger partial charge in [0.1, 0.15) is 11.5 Å². The minimum atomic E-state index is -3.90. The van der Waals surface area contributed by atoms with Crippen LogP contribution in [0.4, 0.5) is 4.39 Å². The topological polar surface area (TPSA) is 68.1 Å². The highest BCUT2D eigenvalue weighted by Crippen LogP contribution is 2.32. The zero-order chi connectivity index (χ0) is 23.9. The number of rotatable bonds is 5. The summed E-state index contributed by atoms with van der Waals surface area (Å²) in [5.41, 5.74) is 1.99. The molecule has 9 heteroatoms. The van der Waals surface area contributed by atoms with Crippen molar-refractivity contribution in [3.05, 3.63) is 95.0 Å². The third-order valence-corrected chi connectivity index (χ3v) is 7.99. The van der Waals surface area contributed by atoms with Crippen LogP contribution in [0.2, 0.25) is 5.02 Å². The van der Waals surface area contributed by atoms with Crippen LogP contribution in [-0.4, -0.2) is 49.2 Å². The van der Waals surface area contributed by atoms with Gasteiger partial charge >= 0.3 is 0 Å². The van der Waals surface area contributed by atoms with Crippen LogP contribution < -0.4 is 0 Å². The highest BCUT2D eigenvalue weighted by molar-refractivity contribution is 7.89. The Morgan fingerprint density at radius 3 is 2.44 bits per heavy atom. The van der Waals surface area contributed by atoms with E-state index in [0.717, 1.165) is 23.2 Å². The Balaban J connectivity index is 1.64. The Labute approximate surface area is 201 Å². The van der Waals surface area contributed by atoms with E-state index in [9.17, 15) is 17.6 Å². The first kappa shape index (κ1) is 22.7. The number of ketones is 1. The summed E-state index contributed by atoms with van der Waals surface area (Å²) in [5, 5.41) is 0.549. The zero-order valence-electron chi connectivity index (χ0n) is 17.9. The molecule has 0 unspecified atom stereocenters. The van der Waals surface area contributed by atoms with Gasteiger partial charge in [0, 0.05) is 35.4 Å². The molecule has 3 heterocycles. The largest absolute Gasteiger partial charge is 0.379 e. The molecule has 4 aromatic rings. The molecule has 1 aliphatic rings. The number of aromatic nitrogens is 1. The summed E-state index contributed by atoms with van der Waals surface area (Å²) in [6.45, 7) is 0.972. The van der Waals surface area contributed by atoms with Crippen molar-refractivity contribution in [3.8, 4) is 11.1 Å². The van der Waals surface area contributed by atoms with Gasteiger partial charge in [0.25, 0.3) is 0 Å². The first-order valence-electron chi connectivity index (χ1n) is 10.6. The molecule has 174 valence electrons. The Hall–Kier alpha value is -3.04. The molecule has 2 aromatic carbocycles. The van der Waals surface area contributed by atoms with E-state index in [0.29, 0.717) is 10.6 Å². The molecule has 6 nitrogen and oxygen atoms in total. The molecule has 1 aliphatic heterocycles. The van der Waals surface area contributed by atoms with Crippen LogP contribution in [0.15, 0.2) is 77.8 Å². The van der Waals surface area contributed by atoms with Crippen LogP contribution in [0.25, 0.3) is 16.6 Å². The van der Waals surface area contributed by atoms with Crippen molar-refractivity contribution in [2.75, 3.05) is 26.3 Å². The van der Waals surface area contributed by atoms with E-state index in [-0.39, 0.29) is 42.5 Å². The molecular formula is C25H20ClFN2O4S. The average molecular weight is 499 g/mol. The second-order valence-corrected chi connectivity index (χ2v) is 10.3. The number of morpholine rings is 1. The SMILES string of the molecule is O=C(c1cc(S(=O)(=O)N2CCOCC2)ccc1F)c1c(-c2ccc(Cl)cc2)cc2ccccn12. The van der Waals surface area contributed by atoms with Gasteiger partial charge in [-0.1, -0.05) is 29.8 Å². The first-order chi connectivity index (χ1) is 16.4. The highest BCUT2D eigenvalue weighted by Gasteiger charge is 2.29. The van der Waals surface area contributed by atoms with Gasteiger partial charge in [-0.15, -0.1) is 0 Å². The molecule has 1 fully saturated rings. The molecule has 34 heavy (non-hydrogen) atoms. The number of ether oxygens (including phenoxy) is 1. The van der Waals surface area contributed by atoms with Gasteiger partial charge < -0.3 is 9.14 Å². The fourth-order valence-corrected chi connectivity index (χ4v) is 5.67. The van der Waals surface area contributed by atoms with E-state index in [1.54, 1.807) is 40.9 Å². The van der Waals surface area contributed by atoms with Crippen LogP contribution in [0.3, 0.4) is 0 Å². The molecule has 0 aliphatic carbocycles. The van der Waals surface area contributed by atoms with Crippen LogP contribution in [0.1, 0.15) is 16.1 Å². The van der Waals surface area contributed by atoms with Crippen molar-refractivity contribution < 1.29 is 22.3 Å². The standard InChI is InChI=1S/C25H20ClFN2O4S/c26-18-6-4-17(5-7-18)21-15-19-3-1-2-10-29(19)24(21)25(30)22-16-20(8-9-23(22)27)34(31,32)28-11-13-33-14-12-28/h1-10,15-16H,11-14H2. The number of benzene rings is 2. The molecule has 0 amide bonds. The number of carbonyl (C=O) groups is 1. The zero-order valence-corrected chi connectivity index (χ0v) is 19.5. The monoisotopic (exact) mass is 498 g/mol. The Kier molecular flexibility index (Phi) is 5.99. The molecule has 2 aromatic heterocycles. The predicted octanol–water partition coefficient (Wildman–Crippen LogP) is 4.65. The Morgan fingerprint density at radius 1 is 0.971 bits per heavy atom. The maximum Gasteiger partial charge on any atom is 0.243 e. The van der Waals surface area contributed by atoms with Crippen molar-refractivity contribution in [1.82, 2.24) is 8.71 Å².